The van der Waals surface area contributed by atoms with Crippen LogP contribution in [-0.2, 0) is 19.0 Å². The van der Waals surface area contributed by atoms with Gasteiger partial charge in [0.25, 0.3) is 0 Å². The Balaban J connectivity index is 1.80. The molecule has 1 aromatic rings. The molecular weight excluding hydrogens is 322 g/mol. The number of esters is 1. The summed E-state index contributed by atoms with van der Waals surface area (Å²) in [6.45, 7) is -2.98. The van der Waals surface area contributed by atoms with Gasteiger partial charge >= 0.3 is 12.6 Å². The largest absolute Gasteiger partial charge is 0.467 e. The third kappa shape index (κ3) is 3.84. The van der Waals surface area contributed by atoms with Crippen molar-refractivity contribution in [2.24, 2.45) is 0 Å². The highest BCUT2D eigenvalue weighted by Crippen LogP contribution is 2.38. The second-order valence-electron chi connectivity index (χ2n) is 6.01. The van der Waals surface area contributed by atoms with E-state index < -0.39 is 18.7 Å². The summed E-state index contributed by atoms with van der Waals surface area (Å²) < 4.78 is 46.3. The molecule has 2 saturated heterocycles. The molecular formula is C17H20F2O5. The summed E-state index contributed by atoms with van der Waals surface area (Å²) in [5.41, 5.74) is 0.239. The number of halogens is 2. The van der Waals surface area contributed by atoms with E-state index in [1.165, 1.54) is 19.2 Å². The second kappa shape index (κ2) is 7.44. The highest BCUT2D eigenvalue weighted by Gasteiger charge is 2.38. The van der Waals surface area contributed by atoms with Gasteiger partial charge in [0.1, 0.15) is 5.75 Å². The Kier molecular flexibility index (Phi) is 5.30. The van der Waals surface area contributed by atoms with Gasteiger partial charge in [0, 0.05) is 5.56 Å². The molecule has 0 aliphatic carbocycles. The van der Waals surface area contributed by atoms with Crippen LogP contribution >= 0.6 is 0 Å². The van der Waals surface area contributed by atoms with Crippen LogP contribution in [0.4, 0.5) is 8.78 Å². The molecule has 0 spiro atoms. The molecule has 3 rings (SSSR count). The van der Waals surface area contributed by atoms with Crippen molar-refractivity contribution >= 4 is 5.97 Å². The van der Waals surface area contributed by atoms with E-state index in [0.29, 0.717) is 12.8 Å². The van der Waals surface area contributed by atoms with Gasteiger partial charge in [-0.1, -0.05) is 18.2 Å². The maximum absolute atomic E-state index is 12.6. The van der Waals surface area contributed by atoms with E-state index in [-0.39, 0.29) is 29.6 Å². The normalized spacial score (nSPS) is 27.1. The first-order valence-electron chi connectivity index (χ1n) is 7.99. The number of para-hydroxylation sites is 1. The highest BCUT2D eigenvalue weighted by molar-refractivity contribution is 5.77. The Morgan fingerprint density at radius 3 is 2.50 bits per heavy atom. The molecule has 132 valence electrons. The number of carbonyl (C=O) groups excluding carboxylic acids is 1. The maximum Gasteiger partial charge on any atom is 0.387 e. The van der Waals surface area contributed by atoms with Crippen LogP contribution in [0.1, 0.15) is 37.4 Å². The van der Waals surface area contributed by atoms with Crippen LogP contribution in [0.2, 0.25) is 0 Å². The number of alkyl halides is 2. The number of hydrogen-bond acceptors (Lipinski definition) is 5. The summed E-state index contributed by atoms with van der Waals surface area (Å²) in [5.74, 6) is -0.725. The van der Waals surface area contributed by atoms with Crippen molar-refractivity contribution in [1.82, 2.24) is 0 Å². The minimum absolute atomic E-state index is 0.0852. The molecule has 24 heavy (non-hydrogen) atoms. The molecule has 2 fully saturated rings. The van der Waals surface area contributed by atoms with Crippen molar-refractivity contribution in [3.05, 3.63) is 29.8 Å². The van der Waals surface area contributed by atoms with E-state index in [0.717, 1.165) is 12.8 Å². The molecule has 2 aliphatic heterocycles. The Labute approximate surface area is 138 Å². The summed E-state index contributed by atoms with van der Waals surface area (Å²) in [4.78, 5) is 12.2. The van der Waals surface area contributed by atoms with Crippen LogP contribution in [-0.4, -0.2) is 38.0 Å². The van der Waals surface area contributed by atoms with Gasteiger partial charge in [-0.3, -0.25) is 0 Å². The van der Waals surface area contributed by atoms with Gasteiger partial charge in [-0.2, -0.15) is 8.78 Å². The Morgan fingerprint density at radius 2 is 1.88 bits per heavy atom. The van der Waals surface area contributed by atoms with Crippen molar-refractivity contribution in [2.75, 3.05) is 7.11 Å². The van der Waals surface area contributed by atoms with E-state index in [4.69, 9.17) is 14.2 Å². The van der Waals surface area contributed by atoms with Crippen LogP contribution in [0.25, 0.3) is 0 Å². The molecule has 1 aromatic carbocycles. The third-order valence-corrected chi connectivity index (χ3v) is 4.41. The third-order valence-electron chi connectivity index (χ3n) is 4.41. The molecule has 0 aromatic heterocycles. The fraction of sp³-hybridized carbons (Fsp3) is 0.588. The lowest BCUT2D eigenvalue weighted by Crippen LogP contribution is -2.33. The zero-order chi connectivity index (χ0) is 17.1. The van der Waals surface area contributed by atoms with Gasteiger partial charge < -0.3 is 18.9 Å². The Hall–Kier alpha value is -1.73. The first-order valence-corrected chi connectivity index (χ1v) is 7.99. The fourth-order valence-corrected chi connectivity index (χ4v) is 3.38. The fourth-order valence-electron chi connectivity index (χ4n) is 3.38. The van der Waals surface area contributed by atoms with Crippen LogP contribution < -0.4 is 4.74 Å². The quantitative estimate of drug-likeness (QED) is 0.743. The molecule has 0 saturated carbocycles. The average Bonchev–Trinajstić information content (AvgIpc) is 2.91. The molecule has 3 atom stereocenters. The lowest BCUT2D eigenvalue weighted by atomic mass is 10.0. The van der Waals surface area contributed by atoms with Crippen LogP contribution in [0.15, 0.2) is 24.3 Å². The van der Waals surface area contributed by atoms with Gasteiger partial charge in [0.15, 0.2) is 6.10 Å². The zero-order valence-electron chi connectivity index (χ0n) is 13.3. The van der Waals surface area contributed by atoms with E-state index in [2.05, 4.69) is 4.74 Å². The molecule has 0 radical (unpaired) electrons. The highest BCUT2D eigenvalue weighted by atomic mass is 19.3. The first kappa shape index (κ1) is 17.1. The van der Waals surface area contributed by atoms with Crippen LogP contribution in [0.5, 0.6) is 5.75 Å². The van der Waals surface area contributed by atoms with Gasteiger partial charge in [0.05, 0.1) is 25.4 Å². The average molecular weight is 342 g/mol. The molecule has 2 bridgehead atoms. The van der Waals surface area contributed by atoms with E-state index >= 15 is 0 Å². The van der Waals surface area contributed by atoms with Crippen molar-refractivity contribution in [2.45, 2.75) is 56.7 Å². The molecule has 0 amide bonds. The molecule has 0 unspecified atom stereocenters. The van der Waals surface area contributed by atoms with E-state index in [9.17, 15) is 13.6 Å². The summed E-state index contributed by atoms with van der Waals surface area (Å²) in [5, 5.41) is 0. The van der Waals surface area contributed by atoms with Crippen molar-refractivity contribution in [3.8, 4) is 5.75 Å². The van der Waals surface area contributed by atoms with Gasteiger partial charge in [-0.15, -0.1) is 0 Å². The van der Waals surface area contributed by atoms with Crippen molar-refractivity contribution in [3.63, 3.8) is 0 Å². The smallest absolute Gasteiger partial charge is 0.387 e. The second-order valence-corrected chi connectivity index (χ2v) is 6.01. The van der Waals surface area contributed by atoms with E-state index in [1.54, 1.807) is 12.1 Å². The molecule has 0 N–H and O–H groups in total. The molecule has 5 nitrogen and oxygen atoms in total. The predicted octanol–water partition coefficient (Wildman–Crippen LogP) is 3.23. The number of methoxy groups -OCH3 is 1. The lowest BCUT2D eigenvalue weighted by molar-refractivity contribution is -0.166. The van der Waals surface area contributed by atoms with Gasteiger partial charge in [-0.05, 0) is 31.7 Å². The predicted molar refractivity (Wildman–Crippen MR) is 79.8 cm³/mol. The Bertz CT molecular complexity index is 568. The minimum atomic E-state index is -2.98. The van der Waals surface area contributed by atoms with Crippen molar-refractivity contribution < 1.29 is 32.5 Å². The van der Waals surface area contributed by atoms with Crippen LogP contribution in [0, 0.1) is 0 Å². The van der Waals surface area contributed by atoms with Crippen LogP contribution in [0.3, 0.4) is 0 Å². The minimum Gasteiger partial charge on any atom is -0.467 e. The number of hydrogen-bond donors (Lipinski definition) is 0. The maximum atomic E-state index is 12.6. The first-order chi connectivity index (χ1) is 11.6. The summed E-state index contributed by atoms with van der Waals surface area (Å²) in [6, 6.07) is 6.12. The SMILES string of the molecule is COC(=O)[C@H](OC1C[C@H]2CC[C@H](C1)O2)c1ccccc1OC(F)F. The summed E-state index contributed by atoms with van der Waals surface area (Å²) >= 11 is 0. The Morgan fingerprint density at radius 1 is 1.21 bits per heavy atom. The van der Waals surface area contributed by atoms with Crippen molar-refractivity contribution in [1.29, 1.82) is 0 Å². The van der Waals surface area contributed by atoms with Gasteiger partial charge in [-0.25, -0.2) is 4.79 Å². The topological polar surface area (TPSA) is 54.0 Å². The standard InChI is InChI=1S/C17H20F2O5/c1-21-16(20)15(13-4-2-3-5-14(13)24-17(18)19)23-12-8-10-6-7-11(9-12)22-10/h2-5,10-12,15,17H,6-9H2,1H3/t10-,11-,15-/m1/s1. The summed E-state index contributed by atoms with van der Waals surface area (Å²) in [6.07, 6.45) is 2.33. The monoisotopic (exact) mass is 342 g/mol. The number of rotatable bonds is 6. The molecule has 2 heterocycles. The van der Waals surface area contributed by atoms with E-state index in [1.807, 2.05) is 0 Å². The molecule has 2 aliphatic rings. The molecule has 7 heteroatoms. The number of fused-ring (bicyclic) bond motifs is 2. The number of carbonyl (C=O) groups is 1. The number of ether oxygens (including phenoxy) is 4. The lowest BCUT2D eigenvalue weighted by Gasteiger charge is -2.31. The van der Waals surface area contributed by atoms with Gasteiger partial charge in [0.2, 0.25) is 0 Å². The summed E-state index contributed by atoms with van der Waals surface area (Å²) in [7, 11) is 1.24. The zero-order valence-corrected chi connectivity index (χ0v) is 13.3. The number of benzene rings is 1.